The summed E-state index contributed by atoms with van der Waals surface area (Å²) in [5.74, 6) is -1.74. The van der Waals surface area contributed by atoms with Crippen LogP contribution in [0.3, 0.4) is 0 Å². The largest absolute Gasteiger partial charge is 0.456 e. The molecule has 10 heteroatoms. The number of cyclic esters (lactones) is 1. The minimum absolute atomic E-state index is 0.124. The zero-order valence-corrected chi connectivity index (χ0v) is 16.8. The Labute approximate surface area is 180 Å². The van der Waals surface area contributed by atoms with Crippen molar-refractivity contribution < 1.29 is 23.5 Å². The lowest BCUT2D eigenvalue weighted by Crippen LogP contribution is -2.49. The second-order valence-corrected chi connectivity index (χ2v) is 7.48. The summed E-state index contributed by atoms with van der Waals surface area (Å²) in [6.45, 7) is -0.495. The second kappa shape index (κ2) is 7.97. The molecule has 7 nitrogen and oxygen atoms in total. The normalized spacial score (nSPS) is 18.1. The van der Waals surface area contributed by atoms with E-state index in [2.05, 4.69) is 10.6 Å². The third-order valence-corrected chi connectivity index (χ3v) is 5.25. The van der Waals surface area contributed by atoms with Crippen molar-refractivity contribution in [3.8, 4) is 0 Å². The number of nitrogens with zero attached hydrogens (tertiary/aromatic N) is 1. The zero-order valence-electron chi connectivity index (χ0n) is 15.2. The number of halogens is 3. The van der Waals surface area contributed by atoms with Crippen LogP contribution in [0.5, 0.6) is 0 Å². The molecule has 0 bridgehead atoms. The van der Waals surface area contributed by atoms with Gasteiger partial charge < -0.3 is 15.4 Å². The Morgan fingerprint density at radius 1 is 1.20 bits per heavy atom. The molecule has 30 heavy (non-hydrogen) atoms. The van der Waals surface area contributed by atoms with Gasteiger partial charge in [0.1, 0.15) is 19.0 Å². The predicted molar refractivity (Wildman–Crippen MR) is 107 cm³/mol. The Bertz CT molecular complexity index is 1090. The van der Waals surface area contributed by atoms with E-state index in [0.717, 1.165) is 11.0 Å². The van der Waals surface area contributed by atoms with E-state index < -0.39 is 29.8 Å². The number of rotatable bonds is 4. The van der Waals surface area contributed by atoms with E-state index in [-0.39, 0.29) is 29.4 Å². The van der Waals surface area contributed by atoms with Crippen molar-refractivity contribution in [3.63, 3.8) is 0 Å². The first-order valence-electron chi connectivity index (χ1n) is 8.82. The molecule has 0 spiro atoms. The topological polar surface area (TPSA) is 87.7 Å². The van der Waals surface area contributed by atoms with E-state index in [4.69, 9.17) is 27.9 Å². The Morgan fingerprint density at radius 2 is 1.93 bits per heavy atom. The molecule has 2 aromatic rings. The van der Waals surface area contributed by atoms with Crippen molar-refractivity contribution >= 4 is 46.8 Å². The maximum absolute atomic E-state index is 13.3. The van der Waals surface area contributed by atoms with Crippen LogP contribution in [0, 0.1) is 5.82 Å². The van der Waals surface area contributed by atoms with Gasteiger partial charge in [-0.05, 0) is 35.9 Å². The van der Waals surface area contributed by atoms with E-state index in [0.29, 0.717) is 16.3 Å². The number of urea groups is 1. The van der Waals surface area contributed by atoms with Crippen LogP contribution in [0.1, 0.15) is 11.6 Å². The van der Waals surface area contributed by atoms with Gasteiger partial charge in [0.05, 0.1) is 22.3 Å². The van der Waals surface area contributed by atoms with Gasteiger partial charge in [-0.1, -0.05) is 35.3 Å². The molecule has 0 radical (unpaired) electrons. The van der Waals surface area contributed by atoms with Crippen LogP contribution in [0.4, 0.5) is 14.9 Å². The molecule has 0 unspecified atom stereocenters. The first-order chi connectivity index (χ1) is 14.3. The summed E-state index contributed by atoms with van der Waals surface area (Å²) in [4.78, 5) is 38.6. The SMILES string of the molecule is O=C(CN1C(=O)N[C@H](c2ccc(Cl)cc2)C2=C1COC2=O)Nc1ccc(F)c(Cl)c1. The van der Waals surface area contributed by atoms with E-state index in [9.17, 15) is 18.8 Å². The smallest absolute Gasteiger partial charge is 0.338 e. The van der Waals surface area contributed by atoms with Crippen molar-refractivity contribution in [3.05, 3.63) is 75.2 Å². The van der Waals surface area contributed by atoms with Crippen molar-refractivity contribution in [2.45, 2.75) is 6.04 Å². The Morgan fingerprint density at radius 3 is 2.63 bits per heavy atom. The molecule has 0 saturated heterocycles. The number of carbonyl (C=O) groups excluding carboxylic acids is 3. The number of carbonyl (C=O) groups is 3. The number of esters is 1. The lowest BCUT2D eigenvalue weighted by atomic mass is 9.96. The predicted octanol–water partition coefficient (Wildman–Crippen LogP) is 3.65. The molecule has 2 aromatic carbocycles. The molecule has 2 aliphatic heterocycles. The zero-order chi connectivity index (χ0) is 21.4. The van der Waals surface area contributed by atoms with E-state index in [1.165, 1.54) is 12.1 Å². The van der Waals surface area contributed by atoms with Gasteiger partial charge in [0.2, 0.25) is 5.91 Å². The second-order valence-electron chi connectivity index (χ2n) is 6.63. The lowest BCUT2D eigenvalue weighted by Gasteiger charge is -2.32. The molecule has 2 aliphatic rings. The molecule has 1 atom stereocenters. The minimum Gasteiger partial charge on any atom is -0.456 e. The molecule has 2 heterocycles. The Kier molecular flexibility index (Phi) is 5.36. The molecular formula is C20H14Cl2FN3O4. The van der Waals surface area contributed by atoms with Crippen LogP contribution < -0.4 is 10.6 Å². The summed E-state index contributed by atoms with van der Waals surface area (Å²) in [5.41, 5.74) is 1.51. The number of hydrogen-bond donors (Lipinski definition) is 2. The Hall–Kier alpha value is -3.10. The van der Waals surface area contributed by atoms with Crippen molar-refractivity contribution in [1.82, 2.24) is 10.2 Å². The molecule has 0 aliphatic carbocycles. The maximum atomic E-state index is 13.3. The highest BCUT2D eigenvalue weighted by molar-refractivity contribution is 6.31. The minimum atomic E-state index is -0.713. The molecule has 3 amide bonds. The first kappa shape index (κ1) is 20.2. The molecule has 0 fully saturated rings. The van der Waals surface area contributed by atoms with Crippen LogP contribution in [0.15, 0.2) is 53.7 Å². The van der Waals surface area contributed by atoms with Gasteiger partial charge in [0.25, 0.3) is 0 Å². The first-order valence-corrected chi connectivity index (χ1v) is 9.57. The number of nitrogens with one attached hydrogen (secondary N) is 2. The van der Waals surface area contributed by atoms with Gasteiger partial charge in [0, 0.05) is 10.7 Å². The molecular weight excluding hydrogens is 436 g/mol. The standard InChI is InChI=1S/C20H14Cl2FN3O4/c21-11-3-1-10(2-4-11)18-17-15(9-30-19(17)28)26(20(29)25-18)8-16(27)24-12-5-6-14(23)13(22)7-12/h1-7,18H,8-9H2,(H,24,27)(H,25,29)/t18-/m1/s1. The van der Waals surface area contributed by atoms with E-state index in [1.54, 1.807) is 24.3 Å². The molecule has 0 aromatic heterocycles. The lowest BCUT2D eigenvalue weighted by molar-refractivity contribution is -0.136. The van der Waals surface area contributed by atoms with E-state index >= 15 is 0 Å². The fourth-order valence-corrected chi connectivity index (χ4v) is 3.61. The van der Waals surface area contributed by atoms with Gasteiger partial charge in [0.15, 0.2) is 0 Å². The maximum Gasteiger partial charge on any atom is 0.338 e. The molecule has 2 N–H and O–H groups in total. The van der Waals surface area contributed by atoms with Crippen LogP contribution in [-0.4, -0.2) is 36.0 Å². The summed E-state index contributed by atoms with van der Waals surface area (Å²) in [6, 6.07) is 9.15. The summed E-state index contributed by atoms with van der Waals surface area (Å²) in [6.07, 6.45) is 0. The molecule has 0 saturated carbocycles. The third-order valence-electron chi connectivity index (χ3n) is 4.71. The van der Waals surface area contributed by atoms with Crippen LogP contribution in [-0.2, 0) is 14.3 Å². The average molecular weight is 450 g/mol. The van der Waals surface area contributed by atoms with Crippen LogP contribution in [0.2, 0.25) is 10.0 Å². The van der Waals surface area contributed by atoms with Gasteiger partial charge >= 0.3 is 12.0 Å². The number of anilines is 1. The summed E-state index contributed by atoms with van der Waals surface area (Å²) < 4.78 is 18.4. The Balaban J connectivity index is 1.58. The van der Waals surface area contributed by atoms with Gasteiger partial charge in [-0.2, -0.15) is 0 Å². The number of benzene rings is 2. The van der Waals surface area contributed by atoms with Gasteiger partial charge in [-0.3, -0.25) is 9.69 Å². The highest BCUT2D eigenvalue weighted by Crippen LogP contribution is 2.35. The summed E-state index contributed by atoms with van der Waals surface area (Å²) in [7, 11) is 0. The molecule has 154 valence electrons. The number of amides is 3. The molecule has 4 rings (SSSR count). The van der Waals surface area contributed by atoms with Crippen molar-refractivity contribution in [2.24, 2.45) is 0 Å². The quantitative estimate of drug-likeness (QED) is 0.697. The highest BCUT2D eigenvalue weighted by atomic mass is 35.5. The monoisotopic (exact) mass is 449 g/mol. The third kappa shape index (κ3) is 3.83. The summed E-state index contributed by atoms with van der Waals surface area (Å²) >= 11 is 11.6. The van der Waals surface area contributed by atoms with E-state index in [1.807, 2.05) is 0 Å². The van der Waals surface area contributed by atoms with Crippen LogP contribution in [0.25, 0.3) is 0 Å². The van der Waals surface area contributed by atoms with Crippen molar-refractivity contribution in [1.29, 1.82) is 0 Å². The number of hydrogen-bond acceptors (Lipinski definition) is 4. The average Bonchev–Trinajstić information content (AvgIpc) is 3.09. The van der Waals surface area contributed by atoms with Crippen LogP contribution >= 0.6 is 23.2 Å². The fraction of sp³-hybridized carbons (Fsp3) is 0.150. The van der Waals surface area contributed by atoms with Gasteiger partial charge in [-0.15, -0.1) is 0 Å². The summed E-state index contributed by atoms with van der Waals surface area (Å²) in [5, 5.41) is 5.64. The number of ether oxygens (including phenoxy) is 1. The fourth-order valence-electron chi connectivity index (χ4n) is 3.30. The van der Waals surface area contributed by atoms with Gasteiger partial charge in [-0.25, -0.2) is 14.0 Å². The van der Waals surface area contributed by atoms with Crippen molar-refractivity contribution in [2.75, 3.05) is 18.5 Å². The highest BCUT2D eigenvalue weighted by Gasteiger charge is 2.42.